The minimum absolute atomic E-state index is 0.106. The first-order valence-electron chi connectivity index (χ1n) is 7.26. The van der Waals surface area contributed by atoms with E-state index in [-0.39, 0.29) is 11.3 Å². The minimum Gasteiger partial charge on any atom is -0.494 e. The summed E-state index contributed by atoms with van der Waals surface area (Å²) in [5.74, 6) is 0.438. The molecule has 0 aliphatic carbocycles. The molecular formula is C18H18O5. The predicted molar refractivity (Wildman–Crippen MR) is 85.6 cm³/mol. The summed E-state index contributed by atoms with van der Waals surface area (Å²) in [7, 11) is 1.44. The quantitative estimate of drug-likeness (QED) is 0.444. The highest BCUT2D eigenvalue weighted by Gasteiger charge is 2.16. The molecule has 0 unspecified atom stereocenters. The Hall–Kier alpha value is -2.82. The number of hydrogen-bond donors (Lipinski definition) is 0. The third kappa shape index (κ3) is 4.10. The van der Waals surface area contributed by atoms with E-state index in [0.29, 0.717) is 30.0 Å². The fourth-order valence-corrected chi connectivity index (χ4v) is 1.98. The number of aldehydes is 1. The Kier molecular flexibility index (Phi) is 5.74. The maximum Gasteiger partial charge on any atom is 0.343 e. The zero-order chi connectivity index (χ0) is 16.7. The van der Waals surface area contributed by atoms with E-state index in [1.54, 1.807) is 42.5 Å². The van der Waals surface area contributed by atoms with Crippen LogP contribution in [0.2, 0.25) is 0 Å². The number of benzene rings is 2. The second kappa shape index (κ2) is 7.98. The van der Waals surface area contributed by atoms with E-state index in [2.05, 4.69) is 0 Å². The zero-order valence-electron chi connectivity index (χ0n) is 13.1. The van der Waals surface area contributed by atoms with Crippen molar-refractivity contribution in [2.75, 3.05) is 13.7 Å². The molecule has 120 valence electrons. The molecule has 0 spiro atoms. The maximum absolute atomic E-state index is 12.3. The molecule has 0 amide bonds. The molecule has 0 radical (unpaired) electrons. The van der Waals surface area contributed by atoms with Gasteiger partial charge >= 0.3 is 5.97 Å². The fourth-order valence-electron chi connectivity index (χ4n) is 1.98. The second-order valence-corrected chi connectivity index (χ2v) is 4.76. The maximum atomic E-state index is 12.3. The molecule has 0 bridgehead atoms. The molecule has 2 aromatic rings. The van der Waals surface area contributed by atoms with Crippen LogP contribution in [-0.4, -0.2) is 26.0 Å². The van der Waals surface area contributed by atoms with Crippen LogP contribution in [-0.2, 0) is 0 Å². The highest BCUT2D eigenvalue weighted by Crippen LogP contribution is 2.31. The van der Waals surface area contributed by atoms with Gasteiger partial charge < -0.3 is 14.2 Å². The Morgan fingerprint density at radius 1 is 1.17 bits per heavy atom. The average molecular weight is 314 g/mol. The van der Waals surface area contributed by atoms with Crippen LogP contribution in [0, 0.1) is 0 Å². The fraction of sp³-hybridized carbons (Fsp3) is 0.222. The van der Waals surface area contributed by atoms with Crippen LogP contribution < -0.4 is 14.2 Å². The molecule has 0 fully saturated rings. The Morgan fingerprint density at radius 2 is 1.96 bits per heavy atom. The number of ether oxygens (including phenoxy) is 3. The van der Waals surface area contributed by atoms with Gasteiger partial charge in [-0.05, 0) is 36.8 Å². The van der Waals surface area contributed by atoms with Crippen molar-refractivity contribution in [3.8, 4) is 17.2 Å². The lowest BCUT2D eigenvalue weighted by molar-refractivity contribution is 0.0728. The number of esters is 1. The number of para-hydroxylation sites is 1. The summed E-state index contributed by atoms with van der Waals surface area (Å²) < 4.78 is 16.0. The van der Waals surface area contributed by atoms with Crippen molar-refractivity contribution in [2.45, 2.75) is 13.3 Å². The molecule has 0 saturated carbocycles. The topological polar surface area (TPSA) is 61.8 Å². The van der Waals surface area contributed by atoms with Gasteiger partial charge in [0.05, 0.1) is 24.8 Å². The van der Waals surface area contributed by atoms with Gasteiger partial charge in [0, 0.05) is 0 Å². The minimum atomic E-state index is -0.584. The van der Waals surface area contributed by atoms with E-state index < -0.39 is 5.97 Å². The van der Waals surface area contributed by atoms with Gasteiger partial charge in [-0.1, -0.05) is 19.1 Å². The van der Waals surface area contributed by atoms with Gasteiger partial charge in [0.15, 0.2) is 17.8 Å². The van der Waals surface area contributed by atoms with Crippen LogP contribution in [0.25, 0.3) is 0 Å². The second-order valence-electron chi connectivity index (χ2n) is 4.76. The van der Waals surface area contributed by atoms with Gasteiger partial charge in [-0.15, -0.1) is 0 Å². The number of hydrogen-bond acceptors (Lipinski definition) is 5. The summed E-state index contributed by atoms with van der Waals surface area (Å²) >= 11 is 0. The molecule has 0 N–H and O–H groups in total. The van der Waals surface area contributed by atoms with Gasteiger partial charge in [-0.3, -0.25) is 4.79 Å². The third-order valence-electron chi connectivity index (χ3n) is 3.09. The van der Waals surface area contributed by atoms with E-state index in [1.807, 2.05) is 6.92 Å². The molecule has 0 aliphatic rings. The molecule has 0 heterocycles. The normalized spacial score (nSPS) is 10.0. The molecule has 2 aromatic carbocycles. The summed E-state index contributed by atoms with van der Waals surface area (Å²) in [5, 5.41) is 0. The largest absolute Gasteiger partial charge is 0.494 e. The summed E-state index contributed by atoms with van der Waals surface area (Å²) in [6, 6.07) is 11.5. The monoisotopic (exact) mass is 314 g/mol. The van der Waals surface area contributed by atoms with Crippen LogP contribution in [0.5, 0.6) is 17.2 Å². The van der Waals surface area contributed by atoms with E-state index in [1.165, 1.54) is 7.11 Å². The molecule has 0 aliphatic heterocycles. The van der Waals surface area contributed by atoms with Crippen molar-refractivity contribution in [3.05, 3.63) is 53.6 Å². The summed E-state index contributed by atoms with van der Waals surface area (Å²) in [6.45, 7) is 2.57. The van der Waals surface area contributed by atoms with Crippen LogP contribution >= 0.6 is 0 Å². The van der Waals surface area contributed by atoms with Crippen molar-refractivity contribution < 1.29 is 23.8 Å². The Labute approximate surface area is 134 Å². The SMILES string of the molecule is CCCOc1cccc(C(=O)Oc2c(C=O)cccc2OC)c1. The number of rotatable bonds is 7. The molecule has 5 nitrogen and oxygen atoms in total. The number of carbonyl (C=O) groups is 2. The van der Waals surface area contributed by atoms with Crippen LogP contribution in [0.3, 0.4) is 0 Å². The summed E-state index contributed by atoms with van der Waals surface area (Å²) in [6.07, 6.45) is 1.49. The Bertz CT molecular complexity index is 694. The zero-order valence-corrected chi connectivity index (χ0v) is 13.1. The van der Waals surface area contributed by atoms with Crippen molar-refractivity contribution in [3.63, 3.8) is 0 Å². The van der Waals surface area contributed by atoms with E-state index in [4.69, 9.17) is 14.2 Å². The summed E-state index contributed by atoms with van der Waals surface area (Å²) in [5.41, 5.74) is 0.581. The van der Waals surface area contributed by atoms with Crippen LogP contribution in [0.1, 0.15) is 34.1 Å². The first-order valence-corrected chi connectivity index (χ1v) is 7.26. The molecule has 0 atom stereocenters. The van der Waals surface area contributed by atoms with Crippen molar-refractivity contribution in [1.29, 1.82) is 0 Å². The summed E-state index contributed by atoms with van der Waals surface area (Å²) in [4.78, 5) is 23.4. The first kappa shape index (κ1) is 16.5. The Balaban J connectivity index is 2.24. The third-order valence-corrected chi connectivity index (χ3v) is 3.09. The van der Waals surface area contributed by atoms with Crippen LogP contribution in [0.15, 0.2) is 42.5 Å². The Morgan fingerprint density at radius 3 is 2.65 bits per heavy atom. The van der Waals surface area contributed by atoms with Gasteiger partial charge in [-0.25, -0.2) is 4.79 Å². The molecule has 23 heavy (non-hydrogen) atoms. The van der Waals surface area contributed by atoms with E-state index >= 15 is 0 Å². The van der Waals surface area contributed by atoms with Gasteiger partial charge in [0.2, 0.25) is 0 Å². The van der Waals surface area contributed by atoms with Gasteiger partial charge in [0.25, 0.3) is 0 Å². The highest BCUT2D eigenvalue weighted by molar-refractivity contribution is 5.93. The van der Waals surface area contributed by atoms with Crippen molar-refractivity contribution in [2.24, 2.45) is 0 Å². The van der Waals surface area contributed by atoms with Gasteiger partial charge in [0.1, 0.15) is 5.75 Å². The van der Waals surface area contributed by atoms with Crippen molar-refractivity contribution >= 4 is 12.3 Å². The molecule has 0 saturated heterocycles. The number of carbonyl (C=O) groups excluding carboxylic acids is 2. The highest BCUT2D eigenvalue weighted by atomic mass is 16.6. The first-order chi connectivity index (χ1) is 11.2. The molecular weight excluding hydrogens is 296 g/mol. The van der Waals surface area contributed by atoms with Gasteiger partial charge in [-0.2, -0.15) is 0 Å². The number of methoxy groups -OCH3 is 1. The van der Waals surface area contributed by atoms with E-state index in [9.17, 15) is 9.59 Å². The average Bonchev–Trinajstić information content (AvgIpc) is 2.60. The smallest absolute Gasteiger partial charge is 0.343 e. The molecule has 2 rings (SSSR count). The lowest BCUT2D eigenvalue weighted by Crippen LogP contribution is -2.11. The van der Waals surface area contributed by atoms with E-state index in [0.717, 1.165) is 6.42 Å². The molecule has 5 heteroatoms. The lowest BCUT2D eigenvalue weighted by Gasteiger charge is -2.11. The lowest BCUT2D eigenvalue weighted by atomic mass is 10.2. The van der Waals surface area contributed by atoms with Crippen molar-refractivity contribution in [1.82, 2.24) is 0 Å². The molecule has 0 aromatic heterocycles. The standard InChI is InChI=1S/C18H18O5/c1-3-10-22-15-8-4-6-13(11-15)18(20)23-17-14(12-19)7-5-9-16(17)21-2/h4-9,11-12H,3,10H2,1-2H3. The predicted octanol–water partition coefficient (Wildman–Crippen LogP) is 3.52. The van der Waals surface area contributed by atoms with Crippen LogP contribution in [0.4, 0.5) is 0 Å².